The van der Waals surface area contributed by atoms with Gasteiger partial charge in [0.05, 0.1) is 6.61 Å². The Morgan fingerprint density at radius 1 is 1.21 bits per heavy atom. The maximum Gasteiger partial charge on any atom is 0.118 e. The molecule has 0 bridgehead atoms. The maximum absolute atomic E-state index is 5.31. The average molecular weight is 196 g/mol. The molecule has 1 saturated heterocycles. The molecule has 0 radical (unpaired) electrons. The highest BCUT2D eigenvalue weighted by Crippen LogP contribution is 2.22. The minimum absolute atomic E-state index is 0.819. The molecule has 0 spiro atoms. The van der Waals surface area contributed by atoms with E-state index in [0.29, 0.717) is 0 Å². The lowest BCUT2D eigenvalue weighted by molar-refractivity contribution is 0.265. The van der Waals surface area contributed by atoms with Crippen molar-refractivity contribution in [2.24, 2.45) is 0 Å². The van der Waals surface area contributed by atoms with Crippen molar-refractivity contribution in [2.45, 2.75) is 41.0 Å². The second-order valence-electron chi connectivity index (χ2n) is 2.18. The van der Waals surface area contributed by atoms with Crippen LogP contribution in [0.1, 0.15) is 41.0 Å². The van der Waals surface area contributed by atoms with E-state index in [9.17, 15) is 0 Å². The monoisotopic (exact) mass is 196 g/mol. The largest absolute Gasteiger partial charge is 0.493 e. The molecule has 0 amide bonds. The lowest BCUT2D eigenvalue weighted by Crippen LogP contribution is -1.78. The Labute approximate surface area is 89.2 Å². The van der Waals surface area contributed by atoms with Gasteiger partial charge in [0.2, 0.25) is 0 Å². The van der Waals surface area contributed by atoms with Gasteiger partial charge in [0, 0.05) is 6.42 Å². The Balaban J connectivity index is 0. The molecule has 0 aliphatic carbocycles. The van der Waals surface area contributed by atoms with Gasteiger partial charge in [-0.1, -0.05) is 46.4 Å². The van der Waals surface area contributed by atoms with E-state index in [-0.39, 0.29) is 0 Å². The summed E-state index contributed by atoms with van der Waals surface area (Å²) in [6.45, 7) is 14.4. The van der Waals surface area contributed by atoms with E-state index in [4.69, 9.17) is 4.74 Å². The summed E-state index contributed by atoms with van der Waals surface area (Å²) in [5.41, 5.74) is 1.26. The van der Waals surface area contributed by atoms with Crippen molar-refractivity contribution >= 4 is 0 Å². The fourth-order valence-electron chi connectivity index (χ4n) is 1.06. The molecule has 0 N–H and O–H groups in total. The first-order valence-electron chi connectivity index (χ1n) is 5.49. The number of rotatable bonds is 1. The van der Waals surface area contributed by atoms with Crippen molar-refractivity contribution in [3.05, 3.63) is 36.1 Å². The fourth-order valence-corrected chi connectivity index (χ4v) is 1.06. The van der Waals surface area contributed by atoms with Crippen molar-refractivity contribution in [1.82, 2.24) is 0 Å². The summed E-state index contributed by atoms with van der Waals surface area (Å²) in [6.07, 6.45) is 6.81. The molecule has 0 atom stereocenters. The van der Waals surface area contributed by atoms with E-state index in [0.717, 1.165) is 18.8 Å². The van der Waals surface area contributed by atoms with Gasteiger partial charge in [0.15, 0.2) is 0 Å². The molecule has 1 heterocycles. The first kappa shape index (κ1) is 15.5. The van der Waals surface area contributed by atoms with Crippen LogP contribution in [-0.4, -0.2) is 6.61 Å². The zero-order chi connectivity index (χ0) is 11.4. The molecule has 1 aliphatic heterocycles. The van der Waals surface area contributed by atoms with E-state index in [1.807, 2.05) is 46.8 Å². The normalized spacial score (nSPS) is 18.9. The SMILES string of the molecule is C=C/C=C1/CCO/C1=C/C.CC.CC. The number of ether oxygens (including phenoxy) is 1. The maximum atomic E-state index is 5.31. The second kappa shape index (κ2) is 12.0. The van der Waals surface area contributed by atoms with Crippen LogP contribution in [0, 0.1) is 0 Å². The third-order valence-electron chi connectivity index (χ3n) is 1.53. The molecule has 82 valence electrons. The number of hydrogen-bond acceptors (Lipinski definition) is 1. The second-order valence-corrected chi connectivity index (χ2v) is 2.18. The van der Waals surface area contributed by atoms with E-state index in [1.54, 1.807) is 6.08 Å². The highest BCUT2D eigenvalue weighted by atomic mass is 16.5. The molecule has 1 aliphatic rings. The van der Waals surface area contributed by atoms with Crippen molar-refractivity contribution in [3.63, 3.8) is 0 Å². The van der Waals surface area contributed by atoms with Gasteiger partial charge < -0.3 is 4.74 Å². The predicted molar refractivity (Wildman–Crippen MR) is 65.3 cm³/mol. The summed E-state index contributed by atoms with van der Waals surface area (Å²) in [6, 6.07) is 0. The molecule has 1 nitrogen and oxygen atoms in total. The molecule has 1 fully saturated rings. The smallest absolute Gasteiger partial charge is 0.118 e. The average Bonchev–Trinajstić information content (AvgIpc) is 2.72. The quantitative estimate of drug-likeness (QED) is 0.601. The summed E-state index contributed by atoms with van der Waals surface area (Å²) >= 11 is 0. The predicted octanol–water partition coefficient (Wildman–Crippen LogP) is 4.48. The van der Waals surface area contributed by atoms with Gasteiger partial charge >= 0.3 is 0 Å². The molecular formula is C13H24O. The number of hydrogen-bond donors (Lipinski definition) is 0. The van der Waals surface area contributed by atoms with Crippen LogP contribution in [0.5, 0.6) is 0 Å². The summed E-state index contributed by atoms with van der Waals surface area (Å²) in [4.78, 5) is 0. The summed E-state index contributed by atoms with van der Waals surface area (Å²) in [7, 11) is 0. The summed E-state index contributed by atoms with van der Waals surface area (Å²) < 4.78 is 5.31. The van der Waals surface area contributed by atoms with Crippen LogP contribution in [-0.2, 0) is 4.74 Å². The van der Waals surface area contributed by atoms with Crippen LogP contribution in [0.3, 0.4) is 0 Å². The zero-order valence-corrected chi connectivity index (χ0v) is 10.3. The molecule has 0 aromatic rings. The first-order valence-corrected chi connectivity index (χ1v) is 5.49. The summed E-state index contributed by atoms with van der Waals surface area (Å²) in [5.74, 6) is 1.01. The topological polar surface area (TPSA) is 9.23 Å². The molecule has 1 heteroatoms. The Morgan fingerprint density at radius 2 is 1.79 bits per heavy atom. The third-order valence-corrected chi connectivity index (χ3v) is 1.53. The molecule has 14 heavy (non-hydrogen) atoms. The molecule has 0 unspecified atom stereocenters. The fraction of sp³-hybridized carbons (Fsp3) is 0.538. The molecular weight excluding hydrogens is 172 g/mol. The van der Waals surface area contributed by atoms with Gasteiger partial charge in [-0.05, 0) is 18.6 Å². The Hall–Kier alpha value is -0.980. The molecule has 0 saturated carbocycles. The van der Waals surface area contributed by atoms with E-state index in [2.05, 4.69) is 6.58 Å². The van der Waals surface area contributed by atoms with Gasteiger partial charge in [0.1, 0.15) is 5.76 Å². The van der Waals surface area contributed by atoms with Gasteiger partial charge in [-0.25, -0.2) is 0 Å². The van der Waals surface area contributed by atoms with Crippen molar-refractivity contribution < 1.29 is 4.74 Å². The van der Waals surface area contributed by atoms with Crippen molar-refractivity contribution in [2.75, 3.05) is 6.61 Å². The number of allylic oxidation sites excluding steroid dienone is 4. The van der Waals surface area contributed by atoms with Crippen LogP contribution in [0.2, 0.25) is 0 Å². The lowest BCUT2D eigenvalue weighted by Gasteiger charge is -1.95. The van der Waals surface area contributed by atoms with Crippen molar-refractivity contribution in [3.8, 4) is 0 Å². The van der Waals surface area contributed by atoms with Crippen LogP contribution in [0.15, 0.2) is 36.1 Å². The summed E-state index contributed by atoms with van der Waals surface area (Å²) in [5, 5.41) is 0. The highest BCUT2D eigenvalue weighted by molar-refractivity contribution is 5.31. The van der Waals surface area contributed by atoms with Crippen LogP contribution >= 0.6 is 0 Å². The molecule has 1 rings (SSSR count). The van der Waals surface area contributed by atoms with E-state index < -0.39 is 0 Å². The highest BCUT2D eigenvalue weighted by Gasteiger charge is 2.11. The van der Waals surface area contributed by atoms with Gasteiger partial charge in [0.25, 0.3) is 0 Å². The van der Waals surface area contributed by atoms with Gasteiger partial charge in [-0.2, -0.15) is 0 Å². The minimum atomic E-state index is 0.819. The van der Waals surface area contributed by atoms with E-state index >= 15 is 0 Å². The van der Waals surface area contributed by atoms with Crippen molar-refractivity contribution in [1.29, 1.82) is 0 Å². The molecule has 0 aromatic heterocycles. The third kappa shape index (κ3) is 5.63. The van der Waals surface area contributed by atoms with Crippen LogP contribution in [0.25, 0.3) is 0 Å². The lowest BCUT2D eigenvalue weighted by atomic mass is 10.2. The Kier molecular flexibility index (Phi) is 13.3. The molecule has 0 aromatic carbocycles. The Bertz CT molecular complexity index is 187. The van der Waals surface area contributed by atoms with Crippen LogP contribution < -0.4 is 0 Å². The minimum Gasteiger partial charge on any atom is -0.493 e. The zero-order valence-electron chi connectivity index (χ0n) is 10.3. The van der Waals surface area contributed by atoms with Gasteiger partial charge in [-0.3, -0.25) is 0 Å². The first-order chi connectivity index (χ1) is 6.88. The standard InChI is InChI=1S/C9H12O.2C2H6/c1-3-5-8-6-7-10-9(8)4-2;2*1-2/h3-5H,1,6-7H2,2H3;2*1-2H3/b8-5-,9-4+;;. The van der Waals surface area contributed by atoms with Gasteiger partial charge in [-0.15, -0.1) is 0 Å². The van der Waals surface area contributed by atoms with Crippen LogP contribution in [0.4, 0.5) is 0 Å². The van der Waals surface area contributed by atoms with E-state index in [1.165, 1.54) is 5.57 Å². The Morgan fingerprint density at radius 3 is 2.21 bits per heavy atom.